The van der Waals surface area contributed by atoms with Crippen LogP contribution in [0.15, 0.2) is 30.9 Å². The van der Waals surface area contributed by atoms with Gasteiger partial charge in [-0.05, 0) is 32.3 Å². The van der Waals surface area contributed by atoms with Gasteiger partial charge in [-0.15, -0.1) is 6.58 Å². The second kappa shape index (κ2) is 4.97. The maximum atomic E-state index is 5.95. The molecule has 1 aromatic rings. The van der Waals surface area contributed by atoms with Crippen molar-refractivity contribution < 1.29 is 0 Å². The van der Waals surface area contributed by atoms with Crippen LogP contribution in [0, 0.1) is 13.8 Å². The number of rotatable bonds is 4. The molecular formula is C13H19N. The number of aryl methyl sites for hydroxylation is 2. The first-order chi connectivity index (χ1) is 6.61. The summed E-state index contributed by atoms with van der Waals surface area (Å²) in [7, 11) is 0. The van der Waals surface area contributed by atoms with E-state index in [4.69, 9.17) is 5.73 Å². The maximum Gasteiger partial charge on any atom is 0.0114 e. The van der Waals surface area contributed by atoms with Crippen molar-refractivity contribution in [1.29, 1.82) is 0 Å². The SMILES string of the molecule is C=CCC(N)Cc1cc(C)cc(C)c1. The van der Waals surface area contributed by atoms with Gasteiger partial charge in [0.2, 0.25) is 0 Å². The van der Waals surface area contributed by atoms with Crippen LogP contribution in [0.2, 0.25) is 0 Å². The van der Waals surface area contributed by atoms with E-state index in [2.05, 4.69) is 38.6 Å². The molecule has 0 saturated heterocycles. The van der Waals surface area contributed by atoms with Crippen molar-refractivity contribution in [2.75, 3.05) is 0 Å². The van der Waals surface area contributed by atoms with Crippen LogP contribution in [0.4, 0.5) is 0 Å². The highest BCUT2D eigenvalue weighted by molar-refractivity contribution is 5.29. The van der Waals surface area contributed by atoms with Crippen molar-refractivity contribution in [1.82, 2.24) is 0 Å². The zero-order valence-corrected chi connectivity index (χ0v) is 9.09. The minimum Gasteiger partial charge on any atom is -0.327 e. The van der Waals surface area contributed by atoms with Crippen molar-refractivity contribution in [2.45, 2.75) is 32.7 Å². The van der Waals surface area contributed by atoms with Gasteiger partial charge in [-0.2, -0.15) is 0 Å². The zero-order chi connectivity index (χ0) is 10.6. The summed E-state index contributed by atoms with van der Waals surface area (Å²) in [6, 6.07) is 6.79. The molecular weight excluding hydrogens is 170 g/mol. The van der Waals surface area contributed by atoms with Crippen molar-refractivity contribution in [3.63, 3.8) is 0 Å². The summed E-state index contributed by atoms with van der Waals surface area (Å²) in [6.07, 6.45) is 3.70. The third kappa shape index (κ3) is 3.35. The van der Waals surface area contributed by atoms with Crippen LogP contribution in [0.1, 0.15) is 23.1 Å². The summed E-state index contributed by atoms with van der Waals surface area (Å²) >= 11 is 0. The van der Waals surface area contributed by atoms with Crippen molar-refractivity contribution in [2.24, 2.45) is 5.73 Å². The first kappa shape index (κ1) is 11.0. The molecule has 14 heavy (non-hydrogen) atoms. The van der Waals surface area contributed by atoms with Gasteiger partial charge in [0, 0.05) is 6.04 Å². The molecule has 2 N–H and O–H groups in total. The number of nitrogens with two attached hydrogens (primary N) is 1. The topological polar surface area (TPSA) is 26.0 Å². The van der Waals surface area contributed by atoms with E-state index in [-0.39, 0.29) is 6.04 Å². The highest BCUT2D eigenvalue weighted by Gasteiger charge is 2.02. The molecule has 0 amide bonds. The van der Waals surface area contributed by atoms with Gasteiger partial charge in [0.05, 0.1) is 0 Å². The monoisotopic (exact) mass is 189 g/mol. The predicted molar refractivity (Wildman–Crippen MR) is 62.4 cm³/mol. The van der Waals surface area contributed by atoms with E-state index in [9.17, 15) is 0 Å². The average Bonchev–Trinajstić information content (AvgIpc) is 2.01. The van der Waals surface area contributed by atoms with Gasteiger partial charge in [0.1, 0.15) is 0 Å². The predicted octanol–water partition coefficient (Wildman–Crippen LogP) is 2.75. The molecule has 1 heteroatoms. The summed E-state index contributed by atoms with van der Waals surface area (Å²) in [6.45, 7) is 7.94. The maximum absolute atomic E-state index is 5.95. The molecule has 0 aliphatic carbocycles. The van der Waals surface area contributed by atoms with Gasteiger partial charge in [0.25, 0.3) is 0 Å². The van der Waals surface area contributed by atoms with Gasteiger partial charge in [0.15, 0.2) is 0 Å². The molecule has 1 rings (SSSR count). The molecule has 0 aliphatic heterocycles. The lowest BCUT2D eigenvalue weighted by atomic mass is 10.0. The smallest absolute Gasteiger partial charge is 0.0114 e. The average molecular weight is 189 g/mol. The normalized spacial score (nSPS) is 12.5. The van der Waals surface area contributed by atoms with Gasteiger partial charge >= 0.3 is 0 Å². The van der Waals surface area contributed by atoms with Crippen LogP contribution in [0.3, 0.4) is 0 Å². The molecule has 0 radical (unpaired) electrons. The second-order valence-electron chi connectivity index (χ2n) is 3.98. The largest absolute Gasteiger partial charge is 0.327 e. The van der Waals surface area contributed by atoms with Crippen LogP contribution in [-0.4, -0.2) is 6.04 Å². The fraction of sp³-hybridized carbons (Fsp3) is 0.385. The van der Waals surface area contributed by atoms with Gasteiger partial charge in [-0.25, -0.2) is 0 Å². The van der Waals surface area contributed by atoms with Crippen LogP contribution < -0.4 is 5.73 Å². The second-order valence-corrected chi connectivity index (χ2v) is 3.98. The Hall–Kier alpha value is -1.08. The molecule has 1 aromatic carbocycles. The number of hydrogen-bond donors (Lipinski definition) is 1. The first-order valence-corrected chi connectivity index (χ1v) is 5.05. The highest BCUT2D eigenvalue weighted by atomic mass is 14.6. The quantitative estimate of drug-likeness (QED) is 0.724. The fourth-order valence-corrected chi connectivity index (χ4v) is 1.79. The van der Waals surface area contributed by atoms with E-state index in [1.165, 1.54) is 16.7 Å². The molecule has 0 aromatic heterocycles. The molecule has 0 heterocycles. The Balaban J connectivity index is 2.71. The summed E-state index contributed by atoms with van der Waals surface area (Å²) in [5.74, 6) is 0. The van der Waals surface area contributed by atoms with E-state index >= 15 is 0 Å². The van der Waals surface area contributed by atoms with Crippen LogP contribution in [0.5, 0.6) is 0 Å². The molecule has 0 bridgehead atoms. The zero-order valence-electron chi connectivity index (χ0n) is 9.09. The third-order valence-electron chi connectivity index (χ3n) is 2.25. The summed E-state index contributed by atoms with van der Waals surface area (Å²) in [5.41, 5.74) is 9.90. The summed E-state index contributed by atoms with van der Waals surface area (Å²) < 4.78 is 0. The Morgan fingerprint density at radius 2 is 1.86 bits per heavy atom. The molecule has 0 spiro atoms. The summed E-state index contributed by atoms with van der Waals surface area (Å²) in [5, 5.41) is 0. The van der Waals surface area contributed by atoms with Crippen molar-refractivity contribution in [3.8, 4) is 0 Å². The van der Waals surface area contributed by atoms with Crippen molar-refractivity contribution in [3.05, 3.63) is 47.5 Å². The van der Waals surface area contributed by atoms with Crippen LogP contribution in [-0.2, 0) is 6.42 Å². The molecule has 76 valence electrons. The van der Waals surface area contributed by atoms with Crippen LogP contribution >= 0.6 is 0 Å². The number of benzene rings is 1. The Kier molecular flexibility index (Phi) is 3.90. The Morgan fingerprint density at radius 3 is 2.36 bits per heavy atom. The lowest BCUT2D eigenvalue weighted by molar-refractivity contribution is 0.679. The van der Waals surface area contributed by atoms with E-state index in [0.29, 0.717) is 0 Å². The van der Waals surface area contributed by atoms with E-state index in [1.54, 1.807) is 0 Å². The minimum atomic E-state index is 0.202. The van der Waals surface area contributed by atoms with Gasteiger partial charge < -0.3 is 5.73 Å². The van der Waals surface area contributed by atoms with E-state index < -0.39 is 0 Å². The lowest BCUT2D eigenvalue weighted by Gasteiger charge is -2.10. The third-order valence-corrected chi connectivity index (χ3v) is 2.25. The first-order valence-electron chi connectivity index (χ1n) is 5.05. The molecule has 0 fully saturated rings. The van der Waals surface area contributed by atoms with Gasteiger partial charge in [-0.1, -0.05) is 35.4 Å². The summed E-state index contributed by atoms with van der Waals surface area (Å²) in [4.78, 5) is 0. The fourth-order valence-electron chi connectivity index (χ4n) is 1.79. The standard InChI is InChI=1S/C13H19N/c1-4-5-13(14)9-12-7-10(2)6-11(3)8-12/h4,6-8,13H,1,5,9,14H2,2-3H3. The number of hydrogen-bond acceptors (Lipinski definition) is 1. The van der Waals surface area contributed by atoms with Crippen molar-refractivity contribution >= 4 is 0 Å². The molecule has 1 unspecified atom stereocenters. The Bertz CT molecular complexity index is 295. The Labute approximate surface area is 86.6 Å². The molecule has 0 saturated carbocycles. The van der Waals surface area contributed by atoms with Crippen LogP contribution in [0.25, 0.3) is 0 Å². The lowest BCUT2D eigenvalue weighted by Crippen LogP contribution is -2.21. The van der Waals surface area contributed by atoms with E-state index in [0.717, 1.165) is 12.8 Å². The highest BCUT2D eigenvalue weighted by Crippen LogP contribution is 2.11. The molecule has 1 nitrogen and oxygen atoms in total. The minimum absolute atomic E-state index is 0.202. The molecule has 1 atom stereocenters. The molecule has 0 aliphatic rings. The Morgan fingerprint density at radius 1 is 1.29 bits per heavy atom. The van der Waals surface area contributed by atoms with E-state index in [1.807, 2.05) is 6.08 Å². The van der Waals surface area contributed by atoms with Gasteiger partial charge in [-0.3, -0.25) is 0 Å².